The van der Waals surface area contributed by atoms with Gasteiger partial charge in [-0.15, -0.1) is 0 Å². The van der Waals surface area contributed by atoms with Crippen molar-refractivity contribution >= 4 is 43.7 Å². The maximum Gasteiger partial charge on any atom is 0.166 e. The highest BCUT2D eigenvalue weighted by atomic mass is 16.3. The third-order valence-corrected chi connectivity index (χ3v) is 8.84. The van der Waals surface area contributed by atoms with E-state index in [1.54, 1.807) is 6.07 Å². The number of nitrogens with zero attached hydrogens (tertiary/aromatic N) is 4. The Balaban J connectivity index is 1.30. The molecule has 0 radical (unpaired) electrons. The van der Waals surface area contributed by atoms with E-state index in [-0.39, 0.29) is 28.6 Å². The number of aromatic nitrogens is 4. The van der Waals surface area contributed by atoms with Gasteiger partial charge in [-0.2, -0.15) is 0 Å². The molecule has 0 unspecified atom stereocenters. The van der Waals surface area contributed by atoms with Gasteiger partial charge in [0, 0.05) is 38.2 Å². The zero-order chi connectivity index (χ0) is 41.7. The van der Waals surface area contributed by atoms with Gasteiger partial charge in [0.15, 0.2) is 23.1 Å². The van der Waals surface area contributed by atoms with Crippen LogP contribution in [0, 0.1) is 0 Å². The van der Waals surface area contributed by atoms with Crippen molar-refractivity contribution in [2.75, 3.05) is 0 Å². The molecular weight excluding hydrogens is 613 g/mol. The molecule has 0 atom stereocenters. The van der Waals surface area contributed by atoms with Crippen LogP contribution in [0.2, 0.25) is 0 Å². The molecule has 3 aromatic heterocycles. The molecule has 7 aromatic carbocycles. The largest absolute Gasteiger partial charge is 0.454 e. The molecule has 10 rings (SSSR count). The number of para-hydroxylation sites is 3. The molecule has 0 aliphatic rings. The van der Waals surface area contributed by atoms with Crippen molar-refractivity contribution in [3.63, 3.8) is 0 Å². The molecule has 0 saturated heterocycles. The highest BCUT2D eigenvalue weighted by molar-refractivity contribution is 6.15. The molecule has 0 fully saturated rings. The van der Waals surface area contributed by atoms with E-state index in [0.717, 1.165) is 38.2 Å². The first-order valence-electron chi connectivity index (χ1n) is 20.9. The second-order valence-corrected chi connectivity index (χ2v) is 11.7. The summed E-state index contributed by atoms with van der Waals surface area (Å²) < 4.78 is 93.9. The lowest BCUT2D eigenvalue weighted by Crippen LogP contribution is -2.02. The van der Waals surface area contributed by atoms with Crippen molar-refractivity contribution in [1.82, 2.24) is 19.5 Å². The summed E-state index contributed by atoms with van der Waals surface area (Å²) in [5.41, 5.74) is 5.32. The second-order valence-electron chi connectivity index (χ2n) is 11.7. The summed E-state index contributed by atoms with van der Waals surface area (Å²) in [6.07, 6.45) is 0. The van der Waals surface area contributed by atoms with E-state index in [9.17, 15) is 0 Å². The zero-order valence-corrected chi connectivity index (χ0v) is 26.1. The first-order chi connectivity index (χ1) is 28.9. The van der Waals surface area contributed by atoms with Crippen LogP contribution in [0.1, 0.15) is 13.7 Å². The van der Waals surface area contributed by atoms with Gasteiger partial charge in [-0.3, -0.25) is 0 Å². The van der Waals surface area contributed by atoms with E-state index < -0.39 is 60.4 Å². The van der Waals surface area contributed by atoms with Crippen LogP contribution in [-0.4, -0.2) is 19.5 Å². The highest BCUT2D eigenvalue weighted by Crippen LogP contribution is 2.41. The summed E-state index contributed by atoms with van der Waals surface area (Å²) >= 11 is 0. The molecular formula is C45H28N4O. The van der Waals surface area contributed by atoms with Gasteiger partial charge in [-0.05, 0) is 41.5 Å². The monoisotopic (exact) mass is 650 g/mol. The van der Waals surface area contributed by atoms with Gasteiger partial charge >= 0.3 is 0 Å². The summed E-state index contributed by atoms with van der Waals surface area (Å²) in [6.45, 7) is 0. The fourth-order valence-corrected chi connectivity index (χ4v) is 6.66. The highest BCUT2D eigenvalue weighted by Gasteiger charge is 2.22. The average Bonchev–Trinajstić information content (AvgIpc) is 3.82. The molecule has 0 saturated carbocycles. The van der Waals surface area contributed by atoms with Crippen molar-refractivity contribution in [2.24, 2.45) is 0 Å². The molecule has 0 aliphatic heterocycles. The Kier molecular flexibility index (Phi) is 4.52. The Hall–Kier alpha value is -6.85. The third kappa shape index (κ3) is 4.52. The number of furan rings is 1. The molecule has 0 aliphatic carbocycles. The fraction of sp³-hybridized carbons (Fsp3) is 0. The van der Waals surface area contributed by atoms with E-state index in [2.05, 4.69) is 23.2 Å². The Bertz CT molecular complexity index is 3310. The van der Waals surface area contributed by atoms with Gasteiger partial charge in [0.05, 0.1) is 30.4 Å². The van der Waals surface area contributed by atoms with Crippen molar-refractivity contribution < 1.29 is 18.1 Å². The van der Waals surface area contributed by atoms with Crippen LogP contribution in [-0.2, 0) is 0 Å². The molecule has 0 amide bonds. The Morgan fingerprint density at radius 2 is 1.12 bits per heavy atom. The summed E-state index contributed by atoms with van der Waals surface area (Å²) in [6, 6.07) is 29.5. The molecule has 234 valence electrons. The molecule has 50 heavy (non-hydrogen) atoms. The van der Waals surface area contributed by atoms with Crippen LogP contribution in [0.3, 0.4) is 0 Å². The minimum absolute atomic E-state index is 0.0347. The van der Waals surface area contributed by atoms with E-state index >= 15 is 0 Å². The normalized spacial score (nSPS) is 14.4. The summed E-state index contributed by atoms with van der Waals surface area (Å²) in [4.78, 5) is 14.0. The number of benzene rings is 7. The SMILES string of the molecule is [2H]c1c([2H])c([2H])c(-c2nc(-c3c([2H])c([2H])c([2H])c([2H])c3[2H])nc(-c3cccc4c5ccccc5n(-c5cccc6c5oc5ccc(-c7ccccc7)cc56)c34)n2)c([2H])c1[2H]. The molecule has 5 nitrogen and oxygen atoms in total. The molecule has 0 bridgehead atoms. The van der Waals surface area contributed by atoms with Crippen LogP contribution in [0.5, 0.6) is 0 Å². The van der Waals surface area contributed by atoms with Gasteiger partial charge in [-0.1, -0.05) is 139 Å². The van der Waals surface area contributed by atoms with Gasteiger partial charge in [0.2, 0.25) is 0 Å². The summed E-state index contributed by atoms with van der Waals surface area (Å²) in [7, 11) is 0. The van der Waals surface area contributed by atoms with Crippen LogP contribution < -0.4 is 0 Å². The fourth-order valence-electron chi connectivity index (χ4n) is 6.66. The quantitative estimate of drug-likeness (QED) is 0.186. The standard InChI is InChI=1S/C45H28N4O/c1-4-14-29(15-5-1)32-26-27-40-37(28-32)35-22-13-25-39(42(35)50-40)49-38-24-11-10-20-33(38)34-21-12-23-36(41(34)49)45-47-43(30-16-6-2-7-17-30)46-44(48-45)31-18-8-3-9-19-31/h1-28H/i2D,3D,6D,7D,8D,9D,16D,17D,18D,19D. The van der Waals surface area contributed by atoms with Crippen molar-refractivity contribution in [2.45, 2.75) is 0 Å². The van der Waals surface area contributed by atoms with Crippen LogP contribution in [0.15, 0.2) is 174 Å². The second kappa shape index (κ2) is 11.4. The van der Waals surface area contributed by atoms with Crippen molar-refractivity contribution in [1.29, 1.82) is 0 Å². The number of hydrogen-bond donors (Lipinski definition) is 0. The number of hydrogen-bond acceptors (Lipinski definition) is 4. The minimum atomic E-state index is -0.616. The number of rotatable bonds is 5. The van der Waals surface area contributed by atoms with Gasteiger partial charge in [0.25, 0.3) is 0 Å². The first-order valence-corrected chi connectivity index (χ1v) is 15.9. The van der Waals surface area contributed by atoms with Gasteiger partial charge in [0.1, 0.15) is 5.58 Å². The molecule has 10 aromatic rings. The van der Waals surface area contributed by atoms with E-state index in [1.807, 2.05) is 89.5 Å². The predicted molar refractivity (Wildman–Crippen MR) is 203 cm³/mol. The minimum Gasteiger partial charge on any atom is -0.454 e. The van der Waals surface area contributed by atoms with E-state index in [1.165, 1.54) is 0 Å². The van der Waals surface area contributed by atoms with Crippen LogP contribution >= 0.6 is 0 Å². The van der Waals surface area contributed by atoms with Crippen LogP contribution in [0.4, 0.5) is 0 Å². The van der Waals surface area contributed by atoms with Gasteiger partial charge in [-0.25, -0.2) is 15.0 Å². The predicted octanol–water partition coefficient (Wildman–Crippen LogP) is 11.5. The lowest BCUT2D eigenvalue weighted by molar-refractivity contribution is 0.666. The molecule has 3 heterocycles. The summed E-state index contributed by atoms with van der Waals surface area (Å²) in [5.74, 6) is -0.716. The lowest BCUT2D eigenvalue weighted by Gasteiger charge is -2.13. The smallest absolute Gasteiger partial charge is 0.166 e. The third-order valence-electron chi connectivity index (χ3n) is 8.84. The summed E-state index contributed by atoms with van der Waals surface area (Å²) in [5, 5.41) is 3.50. The molecule has 0 spiro atoms. The molecule has 5 heteroatoms. The lowest BCUT2D eigenvalue weighted by atomic mass is 10.0. The maximum atomic E-state index is 8.79. The Morgan fingerprint density at radius 1 is 0.480 bits per heavy atom. The van der Waals surface area contributed by atoms with E-state index in [0.29, 0.717) is 27.9 Å². The van der Waals surface area contributed by atoms with Crippen molar-refractivity contribution in [3.8, 4) is 51.0 Å². The molecule has 0 N–H and O–H groups in total. The van der Waals surface area contributed by atoms with Crippen molar-refractivity contribution in [3.05, 3.63) is 170 Å². The zero-order valence-electron chi connectivity index (χ0n) is 36.1. The topological polar surface area (TPSA) is 56.7 Å². The first kappa shape index (κ1) is 19.8. The van der Waals surface area contributed by atoms with Gasteiger partial charge < -0.3 is 8.98 Å². The maximum absolute atomic E-state index is 8.79. The Labute approximate surface area is 301 Å². The average molecular weight is 651 g/mol. The Morgan fingerprint density at radius 3 is 1.88 bits per heavy atom. The van der Waals surface area contributed by atoms with E-state index in [4.69, 9.17) is 28.1 Å². The van der Waals surface area contributed by atoms with Crippen LogP contribution in [0.25, 0.3) is 94.7 Å². The number of fused-ring (bicyclic) bond motifs is 6.